The van der Waals surface area contributed by atoms with E-state index in [1.165, 1.54) is 13.1 Å². The lowest BCUT2D eigenvalue weighted by Gasteiger charge is -2.35. The largest absolute Gasteiger partial charge is 0.416 e. The molecule has 174 valence electrons. The fourth-order valence-corrected chi connectivity index (χ4v) is 3.44. The molecule has 3 rings (SSSR count). The first kappa shape index (κ1) is 23.8. The van der Waals surface area contributed by atoms with Crippen molar-refractivity contribution in [3.05, 3.63) is 75.3 Å². The molecule has 0 bridgehead atoms. The number of alkyl halides is 3. The number of nitro benzene ring substituents is 1. The third-order valence-corrected chi connectivity index (χ3v) is 5.25. The minimum atomic E-state index is -4.68. The van der Waals surface area contributed by atoms with Gasteiger partial charge in [0.05, 0.1) is 10.5 Å². The number of anilines is 1. The number of hydrogen-bond acceptors (Lipinski definition) is 5. The van der Waals surface area contributed by atoms with E-state index in [0.29, 0.717) is 11.6 Å². The van der Waals surface area contributed by atoms with E-state index in [2.05, 4.69) is 5.32 Å². The third-order valence-electron chi connectivity index (χ3n) is 5.25. The Morgan fingerprint density at radius 2 is 1.70 bits per heavy atom. The molecule has 11 heteroatoms. The highest BCUT2D eigenvalue weighted by Gasteiger charge is 2.34. The van der Waals surface area contributed by atoms with Gasteiger partial charge in [0.2, 0.25) is 5.91 Å². The maximum atomic E-state index is 12.9. The quantitative estimate of drug-likeness (QED) is 0.418. The standard InChI is InChI=1S/C22H21F3N4O4/c1-26-21(31)16-5-2-15(3-6-16)4-9-20(30)28-12-10-27(11-13-28)18-8-7-17(22(23,24)25)14-19(18)29(32)33/h2-9,14H,10-13H2,1H3,(H,26,31)/b9-4+. The van der Waals surface area contributed by atoms with Gasteiger partial charge in [0, 0.05) is 50.9 Å². The van der Waals surface area contributed by atoms with Crippen LogP contribution in [0, 0.1) is 10.1 Å². The van der Waals surface area contributed by atoms with Crippen molar-refractivity contribution in [3.63, 3.8) is 0 Å². The van der Waals surface area contributed by atoms with Gasteiger partial charge in [0.25, 0.3) is 11.6 Å². The van der Waals surface area contributed by atoms with Gasteiger partial charge in [-0.1, -0.05) is 12.1 Å². The van der Waals surface area contributed by atoms with Gasteiger partial charge in [-0.2, -0.15) is 13.2 Å². The molecule has 1 heterocycles. The van der Waals surface area contributed by atoms with E-state index in [1.54, 1.807) is 40.1 Å². The molecular weight excluding hydrogens is 441 g/mol. The highest BCUT2D eigenvalue weighted by molar-refractivity contribution is 5.95. The van der Waals surface area contributed by atoms with Crippen LogP contribution < -0.4 is 10.2 Å². The summed E-state index contributed by atoms with van der Waals surface area (Å²) in [5.74, 6) is -0.472. The molecule has 0 aliphatic carbocycles. The number of nitro groups is 1. The lowest BCUT2D eigenvalue weighted by molar-refractivity contribution is -0.384. The smallest absolute Gasteiger partial charge is 0.362 e. The van der Waals surface area contributed by atoms with Gasteiger partial charge in [-0.05, 0) is 35.9 Å². The highest BCUT2D eigenvalue weighted by Crippen LogP contribution is 2.36. The fourth-order valence-electron chi connectivity index (χ4n) is 3.44. The molecule has 2 aromatic carbocycles. The van der Waals surface area contributed by atoms with Crippen molar-refractivity contribution in [1.29, 1.82) is 0 Å². The molecule has 0 atom stereocenters. The predicted molar refractivity (Wildman–Crippen MR) is 116 cm³/mol. The van der Waals surface area contributed by atoms with Crippen LogP contribution in [0.25, 0.3) is 6.08 Å². The lowest BCUT2D eigenvalue weighted by atomic mass is 10.1. The van der Waals surface area contributed by atoms with Crippen LogP contribution in [0.4, 0.5) is 24.5 Å². The normalized spacial score (nSPS) is 14.4. The summed E-state index contributed by atoms with van der Waals surface area (Å²) >= 11 is 0. The van der Waals surface area contributed by atoms with Crippen LogP contribution in [0.3, 0.4) is 0 Å². The van der Waals surface area contributed by atoms with Crippen LogP contribution in [-0.4, -0.2) is 54.9 Å². The summed E-state index contributed by atoms with van der Waals surface area (Å²) in [6.45, 7) is 1.01. The molecule has 1 aliphatic rings. The number of nitrogens with one attached hydrogen (secondary N) is 1. The number of halogens is 3. The number of hydrogen-bond donors (Lipinski definition) is 1. The van der Waals surface area contributed by atoms with Crippen LogP contribution in [0.5, 0.6) is 0 Å². The van der Waals surface area contributed by atoms with E-state index < -0.39 is 22.4 Å². The zero-order valence-electron chi connectivity index (χ0n) is 17.6. The van der Waals surface area contributed by atoms with Crippen molar-refractivity contribution in [1.82, 2.24) is 10.2 Å². The Labute approximate surface area is 187 Å². The molecule has 1 N–H and O–H groups in total. The van der Waals surface area contributed by atoms with Gasteiger partial charge < -0.3 is 15.1 Å². The molecule has 0 unspecified atom stereocenters. The lowest BCUT2D eigenvalue weighted by Crippen LogP contribution is -2.48. The number of carbonyl (C=O) groups excluding carboxylic acids is 2. The fraction of sp³-hybridized carbons (Fsp3) is 0.273. The van der Waals surface area contributed by atoms with Crippen LogP contribution >= 0.6 is 0 Å². The molecular formula is C22H21F3N4O4. The summed E-state index contributed by atoms with van der Waals surface area (Å²) in [4.78, 5) is 37.7. The summed E-state index contributed by atoms with van der Waals surface area (Å²) in [6.07, 6.45) is -1.67. The molecule has 1 aliphatic heterocycles. The van der Waals surface area contributed by atoms with Gasteiger partial charge >= 0.3 is 6.18 Å². The number of nitrogens with zero attached hydrogens (tertiary/aromatic N) is 3. The minimum Gasteiger partial charge on any atom is -0.362 e. The molecule has 2 amide bonds. The highest BCUT2D eigenvalue weighted by atomic mass is 19.4. The second kappa shape index (κ2) is 9.72. The van der Waals surface area contributed by atoms with Crippen molar-refractivity contribution >= 4 is 29.3 Å². The zero-order valence-corrected chi connectivity index (χ0v) is 17.6. The van der Waals surface area contributed by atoms with Crippen LogP contribution in [0.15, 0.2) is 48.5 Å². The van der Waals surface area contributed by atoms with Gasteiger partial charge in [-0.15, -0.1) is 0 Å². The third kappa shape index (κ3) is 5.68. The van der Waals surface area contributed by atoms with Crippen LogP contribution in [0.1, 0.15) is 21.5 Å². The van der Waals surface area contributed by atoms with Gasteiger partial charge in [0.15, 0.2) is 0 Å². The van der Waals surface area contributed by atoms with E-state index in [-0.39, 0.29) is 43.7 Å². The molecule has 1 fully saturated rings. The first-order valence-corrected chi connectivity index (χ1v) is 10.00. The first-order chi connectivity index (χ1) is 15.6. The maximum Gasteiger partial charge on any atom is 0.416 e. The van der Waals surface area contributed by atoms with Crippen molar-refractivity contribution in [3.8, 4) is 0 Å². The molecule has 8 nitrogen and oxygen atoms in total. The Morgan fingerprint density at radius 3 is 2.24 bits per heavy atom. The second-order valence-electron chi connectivity index (χ2n) is 7.31. The molecule has 0 saturated carbocycles. The SMILES string of the molecule is CNC(=O)c1ccc(/C=C/C(=O)N2CCN(c3ccc(C(F)(F)F)cc3[N+](=O)[O-])CC2)cc1. The Kier molecular flexibility index (Phi) is 7.00. The molecule has 1 saturated heterocycles. The monoisotopic (exact) mass is 462 g/mol. The summed E-state index contributed by atoms with van der Waals surface area (Å²) in [7, 11) is 1.53. The van der Waals surface area contributed by atoms with Crippen molar-refractivity contribution in [2.45, 2.75) is 6.18 Å². The van der Waals surface area contributed by atoms with Crippen LogP contribution in [0.2, 0.25) is 0 Å². The number of carbonyl (C=O) groups is 2. The summed E-state index contributed by atoms with van der Waals surface area (Å²) in [5, 5.41) is 13.8. The van der Waals surface area contributed by atoms with Crippen molar-refractivity contribution < 1.29 is 27.7 Å². The summed E-state index contributed by atoms with van der Waals surface area (Å²) in [6, 6.07) is 9.13. The van der Waals surface area contributed by atoms with Crippen molar-refractivity contribution in [2.24, 2.45) is 0 Å². The number of rotatable bonds is 5. The van der Waals surface area contributed by atoms with Gasteiger partial charge in [-0.3, -0.25) is 19.7 Å². The summed E-state index contributed by atoms with van der Waals surface area (Å²) in [5.41, 5.74) is -0.388. The Hall–Kier alpha value is -3.89. The number of benzene rings is 2. The molecule has 0 aromatic heterocycles. The molecule has 0 radical (unpaired) electrons. The Bertz CT molecular complexity index is 1080. The van der Waals surface area contributed by atoms with Gasteiger partial charge in [-0.25, -0.2) is 0 Å². The molecule has 33 heavy (non-hydrogen) atoms. The van der Waals surface area contributed by atoms with E-state index >= 15 is 0 Å². The second-order valence-corrected chi connectivity index (χ2v) is 7.31. The van der Waals surface area contributed by atoms with E-state index in [1.807, 2.05) is 0 Å². The molecule has 2 aromatic rings. The number of piperazine rings is 1. The van der Waals surface area contributed by atoms with E-state index in [0.717, 1.165) is 17.7 Å². The average Bonchev–Trinajstić information content (AvgIpc) is 2.81. The first-order valence-electron chi connectivity index (χ1n) is 10.00. The van der Waals surface area contributed by atoms with E-state index in [9.17, 15) is 32.9 Å². The summed E-state index contributed by atoms with van der Waals surface area (Å²) < 4.78 is 38.7. The topological polar surface area (TPSA) is 95.8 Å². The van der Waals surface area contributed by atoms with Crippen LogP contribution in [-0.2, 0) is 11.0 Å². The van der Waals surface area contributed by atoms with Crippen molar-refractivity contribution in [2.75, 3.05) is 38.1 Å². The maximum absolute atomic E-state index is 12.9. The zero-order chi connectivity index (χ0) is 24.2. The van der Waals surface area contributed by atoms with Gasteiger partial charge in [0.1, 0.15) is 5.69 Å². The number of amides is 2. The van der Waals surface area contributed by atoms with E-state index in [4.69, 9.17) is 0 Å². The Balaban J connectivity index is 1.64. The Morgan fingerprint density at radius 1 is 1.06 bits per heavy atom. The molecule has 0 spiro atoms. The average molecular weight is 462 g/mol. The minimum absolute atomic E-state index is 0.0897. The predicted octanol–water partition coefficient (Wildman–Crippen LogP) is 3.34.